The van der Waals surface area contributed by atoms with Crippen LogP contribution in [0.2, 0.25) is 10.0 Å². The zero-order valence-corrected chi connectivity index (χ0v) is 14.4. The molecule has 2 aromatic rings. The van der Waals surface area contributed by atoms with Gasteiger partial charge in [-0.05, 0) is 37.1 Å². The lowest BCUT2D eigenvalue weighted by Crippen LogP contribution is -2.33. The van der Waals surface area contributed by atoms with Crippen LogP contribution in [0.3, 0.4) is 0 Å². The van der Waals surface area contributed by atoms with Gasteiger partial charge in [0, 0.05) is 23.2 Å². The fourth-order valence-electron chi connectivity index (χ4n) is 2.39. The van der Waals surface area contributed by atoms with Crippen molar-refractivity contribution in [1.29, 1.82) is 0 Å². The van der Waals surface area contributed by atoms with Crippen LogP contribution in [0.1, 0.15) is 18.4 Å². The van der Waals surface area contributed by atoms with Crippen molar-refractivity contribution in [3.05, 3.63) is 63.9 Å². The molecule has 0 amide bonds. The normalized spacial score (nSPS) is 15.1. The average molecular weight is 374 g/mol. The Hall–Kier alpha value is -1.14. The van der Waals surface area contributed by atoms with Gasteiger partial charge in [0.15, 0.2) is 0 Å². The molecule has 1 aliphatic carbocycles. The molecule has 0 heterocycles. The molecule has 122 valence electrons. The van der Waals surface area contributed by atoms with Crippen molar-refractivity contribution in [2.75, 3.05) is 0 Å². The smallest absolute Gasteiger partial charge is 0.207 e. The molecule has 0 N–H and O–H groups in total. The van der Waals surface area contributed by atoms with Crippen LogP contribution < -0.4 is 0 Å². The fraction of sp³-hybridized carbons (Fsp3) is 0.250. The molecule has 7 heteroatoms. The Labute approximate surface area is 144 Å². The van der Waals surface area contributed by atoms with Gasteiger partial charge in [-0.1, -0.05) is 41.4 Å². The van der Waals surface area contributed by atoms with Crippen LogP contribution in [-0.4, -0.2) is 18.8 Å². The molecule has 3 nitrogen and oxygen atoms in total. The Kier molecular flexibility index (Phi) is 4.65. The first-order valence-corrected chi connectivity index (χ1v) is 9.30. The van der Waals surface area contributed by atoms with Gasteiger partial charge in [0.1, 0.15) is 10.7 Å². The minimum Gasteiger partial charge on any atom is -0.207 e. The van der Waals surface area contributed by atoms with Gasteiger partial charge in [-0.15, -0.1) is 0 Å². The summed E-state index contributed by atoms with van der Waals surface area (Å²) in [5, 5.41) is 0.364. The number of halogens is 3. The van der Waals surface area contributed by atoms with Gasteiger partial charge in [0.2, 0.25) is 10.0 Å². The molecule has 2 aromatic carbocycles. The summed E-state index contributed by atoms with van der Waals surface area (Å²) >= 11 is 12.1. The van der Waals surface area contributed by atoms with E-state index in [0.29, 0.717) is 0 Å². The van der Waals surface area contributed by atoms with Crippen LogP contribution in [0.15, 0.2) is 47.4 Å². The first-order valence-electron chi connectivity index (χ1n) is 7.10. The predicted molar refractivity (Wildman–Crippen MR) is 88.6 cm³/mol. The second-order valence-corrected chi connectivity index (χ2v) is 8.09. The Morgan fingerprint density at radius 3 is 2.30 bits per heavy atom. The van der Waals surface area contributed by atoms with Crippen LogP contribution >= 0.6 is 23.2 Å². The molecule has 0 atom stereocenters. The van der Waals surface area contributed by atoms with Crippen molar-refractivity contribution in [3.63, 3.8) is 0 Å². The van der Waals surface area contributed by atoms with Crippen molar-refractivity contribution >= 4 is 33.2 Å². The molecule has 0 radical (unpaired) electrons. The maximum absolute atomic E-state index is 14.0. The summed E-state index contributed by atoms with van der Waals surface area (Å²) in [6.07, 6.45) is 1.49. The standard InChI is InChI=1S/C16H14Cl2FNO2S/c17-13-5-3-6-15(19)12(13)10-20(11-8-9-11)23(21,22)16-7-2-1-4-14(16)18/h1-7,11H,8-10H2. The SMILES string of the molecule is O=S(=O)(c1ccccc1Cl)N(Cc1c(F)cccc1Cl)C1CC1. The molecule has 0 saturated heterocycles. The Morgan fingerprint density at radius 1 is 1.04 bits per heavy atom. The second kappa shape index (κ2) is 6.40. The highest BCUT2D eigenvalue weighted by molar-refractivity contribution is 7.89. The number of sulfonamides is 1. The number of hydrogen-bond acceptors (Lipinski definition) is 2. The van der Waals surface area contributed by atoms with Gasteiger partial charge in [0.25, 0.3) is 0 Å². The highest BCUT2D eigenvalue weighted by atomic mass is 35.5. The van der Waals surface area contributed by atoms with E-state index in [-0.39, 0.29) is 33.1 Å². The minimum atomic E-state index is -3.82. The third-order valence-corrected chi connectivity index (χ3v) is 6.51. The van der Waals surface area contributed by atoms with Gasteiger partial charge in [-0.3, -0.25) is 0 Å². The van der Waals surface area contributed by atoms with Crippen molar-refractivity contribution in [1.82, 2.24) is 4.31 Å². The van der Waals surface area contributed by atoms with Crippen LogP contribution in [0.25, 0.3) is 0 Å². The van der Waals surface area contributed by atoms with Crippen molar-refractivity contribution in [2.45, 2.75) is 30.3 Å². The summed E-state index contributed by atoms with van der Waals surface area (Å²) in [6.45, 7) is -0.107. The van der Waals surface area contributed by atoms with Crippen LogP contribution in [0.5, 0.6) is 0 Å². The monoisotopic (exact) mass is 373 g/mol. The highest BCUT2D eigenvalue weighted by Gasteiger charge is 2.39. The number of nitrogens with zero attached hydrogens (tertiary/aromatic N) is 1. The fourth-order valence-corrected chi connectivity index (χ4v) is 4.76. The zero-order valence-electron chi connectivity index (χ0n) is 12.0. The Balaban J connectivity index is 2.01. The molecule has 23 heavy (non-hydrogen) atoms. The molecule has 0 aliphatic heterocycles. The molecular formula is C16H14Cl2FNO2S. The third kappa shape index (κ3) is 3.38. The van der Waals surface area contributed by atoms with Gasteiger partial charge >= 0.3 is 0 Å². The van der Waals surface area contributed by atoms with Gasteiger partial charge in [0.05, 0.1) is 5.02 Å². The van der Waals surface area contributed by atoms with E-state index in [1.54, 1.807) is 18.2 Å². The predicted octanol–water partition coefficient (Wildman–Crippen LogP) is 4.49. The van der Waals surface area contributed by atoms with Crippen molar-refractivity contribution < 1.29 is 12.8 Å². The summed E-state index contributed by atoms with van der Waals surface area (Å²) in [5.41, 5.74) is 0.177. The summed E-state index contributed by atoms with van der Waals surface area (Å²) < 4.78 is 41.2. The largest absolute Gasteiger partial charge is 0.245 e. The molecule has 1 fully saturated rings. The zero-order chi connectivity index (χ0) is 16.6. The van der Waals surface area contributed by atoms with Gasteiger partial charge in [-0.25, -0.2) is 12.8 Å². The van der Waals surface area contributed by atoms with E-state index >= 15 is 0 Å². The highest BCUT2D eigenvalue weighted by Crippen LogP contribution is 2.36. The summed E-state index contributed by atoms with van der Waals surface area (Å²) in [4.78, 5) is 0.0287. The number of benzene rings is 2. The lowest BCUT2D eigenvalue weighted by Gasteiger charge is -2.23. The van der Waals surface area contributed by atoms with Crippen LogP contribution in [-0.2, 0) is 16.6 Å². The molecular weight excluding hydrogens is 360 g/mol. The van der Waals surface area contributed by atoms with Crippen LogP contribution in [0.4, 0.5) is 4.39 Å². The first kappa shape index (κ1) is 16.7. The maximum Gasteiger partial charge on any atom is 0.245 e. The van der Waals surface area contributed by atoms with Gasteiger partial charge in [-0.2, -0.15) is 4.31 Å². The third-order valence-electron chi connectivity index (χ3n) is 3.75. The molecule has 0 bridgehead atoms. The van der Waals surface area contributed by atoms with E-state index < -0.39 is 15.8 Å². The topological polar surface area (TPSA) is 37.4 Å². The molecule has 0 unspecified atom stereocenters. The maximum atomic E-state index is 14.0. The first-order chi connectivity index (χ1) is 10.9. The van der Waals surface area contributed by atoms with E-state index in [2.05, 4.69) is 0 Å². The molecule has 1 aliphatic rings. The average Bonchev–Trinajstić information content (AvgIpc) is 3.31. The second-order valence-electron chi connectivity index (χ2n) is 5.41. The van der Waals surface area contributed by atoms with E-state index in [4.69, 9.17) is 23.2 Å². The molecule has 1 saturated carbocycles. The van der Waals surface area contributed by atoms with E-state index in [0.717, 1.165) is 12.8 Å². The van der Waals surface area contributed by atoms with Crippen LogP contribution in [0, 0.1) is 5.82 Å². The van der Waals surface area contributed by atoms with Crippen molar-refractivity contribution in [2.24, 2.45) is 0 Å². The molecule has 0 aromatic heterocycles. The minimum absolute atomic E-state index is 0.0287. The number of rotatable bonds is 5. The van der Waals surface area contributed by atoms with E-state index in [1.807, 2.05) is 0 Å². The molecule has 3 rings (SSSR count). The summed E-state index contributed by atoms with van der Waals surface area (Å²) in [6, 6.07) is 10.4. The lowest BCUT2D eigenvalue weighted by molar-refractivity contribution is 0.391. The Morgan fingerprint density at radius 2 is 1.70 bits per heavy atom. The summed E-state index contributed by atoms with van der Waals surface area (Å²) in [5.74, 6) is -0.516. The Bertz CT molecular complexity index is 817. The van der Waals surface area contributed by atoms with E-state index in [1.165, 1.54) is 28.6 Å². The quantitative estimate of drug-likeness (QED) is 0.774. The molecule has 0 spiro atoms. The van der Waals surface area contributed by atoms with Gasteiger partial charge < -0.3 is 0 Å². The lowest BCUT2D eigenvalue weighted by atomic mass is 10.2. The summed E-state index contributed by atoms with van der Waals surface area (Å²) in [7, 11) is -3.82. The van der Waals surface area contributed by atoms with Crippen molar-refractivity contribution in [3.8, 4) is 0 Å². The van der Waals surface area contributed by atoms with E-state index in [9.17, 15) is 12.8 Å². The number of hydrogen-bond donors (Lipinski definition) is 0.